The van der Waals surface area contributed by atoms with Crippen molar-refractivity contribution in [2.24, 2.45) is 5.73 Å². The van der Waals surface area contributed by atoms with E-state index in [0.29, 0.717) is 17.2 Å². The smallest absolute Gasteiger partial charge is 0.187 e. The summed E-state index contributed by atoms with van der Waals surface area (Å²) in [4.78, 5) is 4.43. The lowest BCUT2D eigenvalue weighted by Gasteiger charge is -2.31. The minimum Gasteiger partial charge on any atom is -0.328 e. The second-order valence-electron chi connectivity index (χ2n) is 6.32. The van der Waals surface area contributed by atoms with E-state index in [4.69, 9.17) is 5.73 Å². The number of halogens is 1. The molecule has 1 saturated carbocycles. The SMILES string of the molecule is Cc1ccc(-c2nnc([C@H]3C[C@H](N)C3)n2-c2ccccc2F)nc1. The predicted molar refractivity (Wildman–Crippen MR) is 89.2 cm³/mol. The fraction of sp³-hybridized carbons (Fsp3) is 0.278. The van der Waals surface area contributed by atoms with Crippen LogP contribution in [0.15, 0.2) is 42.6 Å². The van der Waals surface area contributed by atoms with Crippen molar-refractivity contribution in [2.45, 2.75) is 31.7 Å². The number of aryl methyl sites for hydroxylation is 1. The van der Waals surface area contributed by atoms with Crippen LogP contribution in [0.2, 0.25) is 0 Å². The fourth-order valence-electron chi connectivity index (χ4n) is 3.07. The molecule has 0 bridgehead atoms. The second-order valence-corrected chi connectivity index (χ2v) is 6.32. The standard InChI is InChI=1S/C18H18FN5/c1-11-6-7-15(21-10-11)18-23-22-17(12-8-13(20)9-12)24(18)16-5-3-2-4-14(16)19/h2-7,10,12-13H,8-9,20H2,1H3/t12-,13-. The molecule has 1 aliphatic carbocycles. The number of hydrogen-bond acceptors (Lipinski definition) is 4. The third-order valence-electron chi connectivity index (χ3n) is 4.46. The van der Waals surface area contributed by atoms with E-state index in [0.717, 1.165) is 24.2 Å². The Morgan fingerprint density at radius 3 is 2.58 bits per heavy atom. The molecule has 122 valence electrons. The molecular formula is C18H18FN5. The van der Waals surface area contributed by atoms with Gasteiger partial charge in [-0.25, -0.2) is 4.39 Å². The number of aromatic nitrogens is 4. The Balaban J connectivity index is 1.88. The molecular weight excluding hydrogens is 305 g/mol. The van der Waals surface area contributed by atoms with Crippen molar-refractivity contribution in [3.8, 4) is 17.2 Å². The lowest BCUT2D eigenvalue weighted by atomic mass is 9.80. The van der Waals surface area contributed by atoms with Crippen LogP contribution in [0.5, 0.6) is 0 Å². The Hall–Kier alpha value is -2.60. The van der Waals surface area contributed by atoms with Crippen molar-refractivity contribution in [1.29, 1.82) is 0 Å². The van der Waals surface area contributed by atoms with Gasteiger partial charge in [0, 0.05) is 18.2 Å². The van der Waals surface area contributed by atoms with Gasteiger partial charge < -0.3 is 5.73 Å². The average Bonchev–Trinajstić information content (AvgIpc) is 2.97. The zero-order valence-corrected chi connectivity index (χ0v) is 13.4. The van der Waals surface area contributed by atoms with Gasteiger partial charge in [0.15, 0.2) is 5.82 Å². The van der Waals surface area contributed by atoms with E-state index >= 15 is 0 Å². The first-order chi connectivity index (χ1) is 11.6. The van der Waals surface area contributed by atoms with E-state index in [1.807, 2.05) is 19.1 Å². The van der Waals surface area contributed by atoms with Crippen LogP contribution in [0.4, 0.5) is 4.39 Å². The van der Waals surface area contributed by atoms with Crippen molar-refractivity contribution in [3.63, 3.8) is 0 Å². The lowest BCUT2D eigenvalue weighted by Crippen LogP contribution is -2.36. The number of nitrogens with two attached hydrogens (primary N) is 1. The van der Waals surface area contributed by atoms with Crippen LogP contribution in [0.3, 0.4) is 0 Å². The van der Waals surface area contributed by atoms with Crippen LogP contribution in [0, 0.1) is 12.7 Å². The van der Waals surface area contributed by atoms with Gasteiger partial charge >= 0.3 is 0 Å². The number of benzene rings is 1. The van der Waals surface area contributed by atoms with E-state index in [1.54, 1.807) is 29.0 Å². The largest absolute Gasteiger partial charge is 0.328 e. The van der Waals surface area contributed by atoms with Crippen LogP contribution < -0.4 is 5.73 Å². The third-order valence-corrected chi connectivity index (χ3v) is 4.46. The Morgan fingerprint density at radius 1 is 1.12 bits per heavy atom. The summed E-state index contributed by atoms with van der Waals surface area (Å²) in [6.07, 6.45) is 3.45. The van der Waals surface area contributed by atoms with E-state index in [1.165, 1.54) is 6.07 Å². The van der Waals surface area contributed by atoms with Crippen molar-refractivity contribution in [3.05, 3.63) is 59.8 Å². The first kappa shape index (κ1) is 15.0. The van der Waals surface area contributed by atoms with Crippen LogP contribution >= 0.6 is 0 Å². The fourth-order valence-corrected chi connectivity index (χ4v) is 3.07. The summed E-state index contributed by atoms with van der Waals surface area (Å²) in [6, 6.07) is 10.7. The lowest BCUT2D eigenvalue weighted by molar-refractivity contribution is 0.334. The summed E-state index contributed by atoms with van der Waals surface area (Å²) >= 11 is 0. The van der Waals surface area contributed by atoms with Gasteiger partial charge in [0.25, 0.3) is 0 Å². The molecule has 4 rings (SSSR count). The molecule has 2 heterocycles. The van der Waals surface area contributed by atoms with Gasteiger partial charge in [-0.05, 0) is 43.5 Å². The van der Waals surface area contributed by atoms with E-state index in [-0.39, 0.29) is 17.8 Å². The number of rotatable bonds is 3. The van der Waals surface area contributed by atoms with Crippen molar-refractivity contribution in [2.75, 3.05) is 0 Å². The van der Waals surface area contributed by atoms with E-state index in [9.17, 15) is 4.39 Å². The summed E-state index contributed by atoms with van der Waals surface area (Å²) in [5.41, 5.74) is 8.08. The molecule has 2 N–H and O–H groups in total. The summed E-state index contributed by atoms with van der Waals surface area (Å²) < 4.78 is 16.2. The molecule has 0 unspecified atom stereocenters. The molecule has 3 aromatic rings. The van der Waals surface area contributed by atoms with Gasteiger partial charge in [-0.1, -0.05) is 18.2 Å². The Bertz CT molecular complexity index is 865. The maximum atomic E-state index is 14.4. The van der Waals surface area contributed by atoms with Gasteiger partial charge in [0.1, 0.15) is 17.3 Å². The predicted octanol–water partition coefficient (Wildman–Crippen LogP) is 2.98. The zero-order valence-electron chi connectivity index (χ0n) is 13.4. The molecule has 0 atom stereocenters. The Kier molecular flexibility index (Phi) is 3.61. The minimum absolute atomic E-state index is 0.182. The molecule has 1 fully saturated rings. The van der Waals surface area contributed by atoms with Gasteiger partial charge in [0.05, 0.1) is 5.69 Å². The molecule has 0 radical (unpaired) electrons. The minimum atomic E-state index is -0.310. The van der Waals surface area contributed by atoms with Crippen LogP contribution in [0.25, 0.3) is 17.2 Å². The van der Waals surface area contributed by atoms with Crippen molar-refractivity contribution >= 4 is 0 Å². The zero-order chi connectivity index (χ0) is 16.7. The van der Waals surface area contributed by atoms with Crippen LogP contribution in [-0.2, 0) is 0 Å². The highest BCUT2D eigenvalue weighted by molar-refractivity contribution is 5.55. The monoisotopic (exact) mass is 323 g/mol. The molecule has 0 spiro atoms. The van der Waals surface area contributed by atoms with Crippen LogP contribution in [-0.4, -0.2) is 25.8 Å². The summed E-state index contributed by atoms with van der Waals surface area (Å²) in [5.74, 6) is 1.19. The van der Waals surface area contributed by atoms with Crippen molar-refractivity contribution in [1.82, 2.24) is 19.7 Å². The highest BCUT2D eigenvalue weighted by Gasteiger charge is 2.33. The molecule has 5 nitrogen and oxygen atoms in total. The Morgan fingerprint density at radius 2 is 1.92 bits per heavy atom. The molecule has 0 amide bonds. The van der Waals surface area contributed by atoms with Gasteiger partial charge in [-0.15, -0.1) is 10.2 Å². The highest BCUT2D eigenvalue weighted by atomic mass is 19.1. The van der Waals surface area contributed by atoms with Crippen LogP contribution in [0.1, 0.15) is 30.1 Å². The number of hydrogen-bond donors (Lipinski definition) is 1. The van der Waals surface area contributed by atoms with Gasteiger partial charge in [-0.3, -0.25) is 9.55 Å². The summed E-state index contributed by atoms with van der Waals surface area (Å²) in [5, 5.41) is 8.64. The number of pyridine rings is 1. The van der Waals surface area contributed by atoms with E-state index < -0.39 is 0 Å². The number of para-hydroxylation sites is 1. The van der Waals surface area contributed by atoms with Crippen molar-refractivity contribution < 1.29 is 4.39 Å². The highest BCUT2D eigenvalue weighted by Crippen LogP contribution is 2.37. The maximum Gasteiger partial charge on any atom is 0.187 e. The second kappa shape index (κ2) is 5.79. The molecule has 24 heavy (non-hydrogen) atoms. The first-order valence-electron chi connectivity index (χ1n) is 8.02. The maximum absolute atomic E-state index is 14.4. The van der Waals surface area contributed by atoms with Gasteiger partial charge in [0.2, 0.25) is 0 Å². The quantitative estimate of drug-likeness (QED) is 0.804. The molecule has 2 aromatic heterocycles. The molecule has 1 aliphatic rings. The molecule has 0 saturated heterocycles. The molecule has 1 aromatic carbocycles. The summed E-state index contributed by atoms with van der Waals surface area (Å²) in [6.45, 7) is 1.97. The Labute approximate surface area is 139 Å². The third kappa shape index (κ3) is 2.49. The summed E-state index contributed by atoms with van der Waals surface area (Å²) in [7, 11) is 0. The number of nitrogens with zero attached hydrogens (tertiary/aromatic N) is 4. The topological polar surface area (TPSA) is 69.6 Å². The molecule has 6 heteroatoms. The average molecular weight is 323 g/mol. The molecule has 0 aliphatic heterocycles. The first-order valence-corrected chi connectivity index (χ1v) is 8.02. The normalized spacial score (nSPS) is 20.0. The van der Waals surface area contributed by atoms with Gasteiger partial charge in [-0.2, -0.15) is 0 Å². The van der Waals surface area contributed by atoms with E-state index in [2.05, 4.69) is 15.2 Å².